The summed E-state index contributed by atoms with van der Waals surface area (Å²) in [5, 5.41) is 0. The van der Waals surface area contributed by atoms with Gasteiger partial charge >= 0.3 is 0 Å². The Morgan fingerprint density at radius 1 is 1.40 bits per heavy atom. The second kappa shape index (κ2) is 2.51. The lowest BCUT2D eigenvalue weighted by atomic mass is 10.1. The maximum absolute atomic E-state index is 5.78. The first-order chi connectivity index (χ1) is 4.50. The van der Waals surface area contributed by atoms with Gasteiger partial charge in [-0.05, 0) is 27.2 Å². The highest BCUT2D eigenvalue weighted by Gasteiger charge is 2.27. The fourth-order valence-electron chi connectivity index (χ4n) is 1.40. The summed E-state index contributed by atoms with van der Waals surface area (Å²) in [6, 6.07) is 0.416. The average Bonchev–Trinajstić information content (AvgIpc) is 2.11. The standard InChI is InChI=1S/C8H18N2/c1-8(2,3)10-5-4-7(9)6-10/h7H,4-6,9H2,1-3H3/t7-/m0/s1. The maximum Gasteiger partial charge on any atom is 0.0180 e. The molecule has 0 aromatic heterocycles. The summed E-state index contributed by atoms with van der Waals surface area (Å²) in [6.45, 7) is 8.97. The van der Waals surface area contributed by atoms with Crippen LogP contribution in [0.4, 0.5) is 0 Å². The predicted octanol–water partition coefficient (Wildman–Crippen LogP) is 0.818. The molecule has 2 nitrogen and oxygen atoms in total. The lowest BCUT2D eigenvalue weighted by molar-refractivity contribution is 0.173. The second-order valence-corrected chi connectivity index (χ2v) is 4.17. The van der Waals surface area contributed by atoms with E-state index in [1.807, 2.05) is 0 Å². The first-order valence-corrected chi connectivity index (χ1v) is 4.01. The van der Waals surface area contributed by atoms with Crippen LogP contribution in [-0.2, 0) is 0 Å². The quantitative estimate of drug-likeness (QED) is 0.542. The highest BCUT2D eigenvalue weighted by molar-refractivity contribution is 4.86. The van der Waals surface area contributed by atoms with Crippen molar-refractivity contribution < 1.29 is 0 Å². The Morgan fingerprint density at radius 3 is 2.20 bits per heavy atom. The molecule has 0 unspecified atom stereocenters. The van der Waals surface area contributed by atoms with E-state index in [1.54, 1.807) is 0 Å². The van der Waals surface area contributed by atoms with E-state index in [-0.39, 0.29) is 0 Å². The topological polar surface area (TPSA) is 29.3 Å². The summed E-state index contributed by atoms with van der Waals surface area (Å²) in [6.07, 6.45) is 1.16. The average molecular weight is 142 g/mol. The summed E-state index contributed by atoms with van der Waals surface area (Å²) in [5.74, 6) is 0. The Labute approximate surface area is 63.4 Å². The molecule has 60 valence electrons. The van der Waals surface area contributed by atoms with Gasteiger partial charge in [-0.3, -0.25) is 4.90 Å². The molecule has 1 rings (SSSR count). The Bertz CT molecular complexity index is 115. The van der Waals surface area contributed by atoms with Gasteiger partial charge in [-0.15, -0.1) is 0 Å². The van der Waals surface area contributed by atoms with Crippen LogP contribution in [0.5, 0.6) is 0 Å². The molecule has 1 aliphatic rings. The third-order valence-corrected chi connectivity index (χ3v) is 2.17. The Morgan fingerprint density at radius 2 is 2.00 bits per heavy atom. The van der Waals surface area contributed by atoms with Gasteiger partial charge in [-0.2, -0.15) is 0 Å². The van der Waals surface area contributed by atoms with E-state index in [9.17, 15) is 0 Å². The van der Waals surface area contributed by atoms with E-state index in [2.05, 4.69) is 25.7 Å². The molecular formula is C8H18N2. The van der Waals surface area contributed by atoms with E-state index in [0.717, 1.165) is 13.0 Å². The molecule has 0 amide bonds. The fourth-order valence-corrected chi connectivity index (χ4v) is 1.40. The molecule has 0 aromatic rings. The normalized spacial score (nSPS) is 29.4. The Kier molecular flexibility index (Phi) is 2.02. The molecule has 2 N–H and O–H groups in total. The zero-order chi connectivity index (χ0) is 7.78. The summed E-state index contributed by atoms with van der Waals surface area (Å²) in [4.78, 5) is 2.44. The van der Waals surface area contributed by atoms with E-state index in [0.29, 0.717) is 11.6 Å². The van der Waals surface area contributed by atoms with Crippen molar-refractivity contribution in [2.45, 2.75) is 38.8 Å². The summed E-state index contributed by atoms with van der Waals surface area (Å²) in [5.41, 5.74) is 6.09. The van der Waals surface area contributed by atoms with Crippen LogP contribution in [0, 0.1) is 0 Å². The largest absolute Gasteiger partial charge is 0.326 e. The lowest BCUT2D eigenvalue weighted by Crippen LogP contribution is -2.40. The molecule has 0 saturated carbocycles. The minimum atomic E-state index is 0.314. The number of likely N-dealkylation sites (tertiary alicyclic amines) is 1. The molecular weight excluding hydrogens is 124 g/mol. The molecule has 10 heavy (non-hydrogen) atoms. The van der Waals surface area contributed by atoms with Gasteiger partial charge < -0.3 is 5.73 Å². The SMILES string of the molecule is CC(C)(C)N1CC[C@H](N)C1. The second-order valence-electron chi connectivity index (χ2n) is 4.17. The molecule has 1 atom stereocenters. The first-order valence-electron chi connectivity index (χ1n) is 4.01. The van der Waals surface area contributed by atoms with Crippen LogP contribution in [0.3, 0.4) is 0 Å². The number of hydrogen-bond donors (Lipinski definition) is 1. The zero-order valence-electron chi connectivity index (χ0n) is 7.22. The van der Waals surface area contributed by atoms with Gasteiger partial charge in [0.1, 0.15) is 0 Å². The Hall–Kier alpha value is -0.0800. The van der Waals surface area contributed by atoms with Crippen molar-refractivity contribution in [2.24, 2.45) is 5.73 Å². The van der Waals surface area contributed by atoms with Crippen LogP contribution in [-0.4, -0.2) is 29.6 Å². The molecule has 0 spiro atoms. The van der Waals surface area contributed by atoms with Crippen LogP contribution in [0.25, 0.3) is 0 Å². The van der Waals surface area contributed by atoms with Crippen LogP contribution >= 0.6 is 0 Å². The molecule has 0 aromatic carbocycles. The molecule has 1 aliphatic heterocycles. The van der Waals surface area contributed by atoms with Crippen LogP contribution in [0.15, 0.2) is 0 Å². The zero-order valence-corrected chi connectivity index (χ0v) is 7.22. The van der Waals surface area contributed by atoms with E-state index in [4.69, 9.17) is 5.73 Å². The van der Waals surface area contributed by atoms with Crippen molar-refractivity contribution in [3.63, 3.8) is 0 Å². The van der Waals surface area contributed by atoms with Crippen molar-refractivity contribution in [3.05, 3.63) is 0 Å². The summed E-state index contributed by atoms with van der Waals surface area (Å²) in [7, 11) is 0. The first kappa shape index (κ1) is 8.02. The third-order valence-electron chi connectivity index (χ3n) is 2.17. The third kappa shape index (κ3) is 1.70. The molecule has 2 heteroatoms. The van der Waals surface area contributed by atoms with Gasteiger partial charge in [-0.1, -0.05) is 0 Å². The Balaban J connectivity index is 2.45. The molecule has 0 aliphatic carbocycles. The van der Waals surface area contributed by atoms with Crippen LogP contribution < -0.4 is 5.73 Å². The van der Waals surface area contributed by atoms with Gasteiger partial charge in [0.25, 0.3) is 0 Å². The highest BCUT2D eigenvalue weighted by Crippen LogP contribution is 2.18. The minimum absolute atomic E-state index is 0.314. The maximum atomic E-state index is 5.78. The van der Waals surface area contributed by atoms with Gasteiger partial charge in [-0.25, -0.2) is 0 Å². The summed E-state index contributed by atoms with van der Waals surface area (Å²) >= 11 is 0. The van der Waals surface area contributed by atoms with Gasteiger partial charge in [0.2, 0.25) is 0 Å². The monoisotopic (exact) mass is 142 g/mol. The lowest BCUT2D eigenvalue weighted by Gasteiger charge is -2.31. The van der Waals surface area contributed by atoms with Crippen LogP contribution in [0.2, 0.25) is 0 Å². The van der Waals surface area contributed by atoms with E-state index < -0.39 is 0 Å². The van der Waals surface area contributed by atoms with Crippen LogP contribution in [0.1, 0.15) is 27.2 Å². The van der Waals surface area contributed by atoms with Crippen molar-refractivity contribution in [3.8, 4) is 0 Å². The highest BCUT2D eigenvalue weighted by atomic mass is 15.2. The number of rotatable bonds is 0. The minimum Gasteiger partial charge on any atom is -0.326 e. The predicted molar refractivity (Wildman–Crippen MR) is 43.9 cm³/mol. The van der Waals surface area contributed by atoms with Crippen molar-refractivity contribution in [2.75, 3.05) is 13.1 Å². The van der Waals surface area contributed by atoms with Gasteiger partial charge in [0, 0.05) is 24.7 Å². The molecule has 1 fully saturated rings. The molecule has 1 saturated heterocycles. The fraction of sp³-hybridized carbons (Fsp3) is 1.00. The van der Waals surface area contributed by atoms with Crippen molar-refractivity contribution in [1.29, 1.82) is 0 Å². The number of nitrogens with two attached hydrogens (primary N) is 1. The van der Waals surface area contributed by atoms with Gasteiger partial charge in [0.15, 0.2) is 0 Å². The van der Waals surface area contributed by atoms with Gasteiger partial charge in [0.05, 0.1) is 0 Å². The number of hydrogen-bond acceptors (Lipinski definition) is 2. The smallest absolute Gasteiger partial charge is 0.0180 e. The van der Waals surface area contributed by atoms with Crippen molar-refractivity contribution in [1.82, 2.24) is 4.90 Å². The molecule has 0 radical (unpaired) electrons. The van der Waals surface area contributed by atoms with Crippen molar-refractivity contribution >= 4 is 0 Å². The summed E-state index contributed by atoms with van der Waals surface area (Å²) < 4.78 is 0. The van der Waals surface area contributed by atoms with E-state index >= 15 is 0 Å². The molecule has 0 bridgehead atoms. The number of nitrogens with zero attached hydrogens (tertiary/aromatic N) is 1. The molecule has 1 heterocycles. The van der Waals surface area contributed by atoms with E-state index in [1.165, 1.54) is 6.54 Å².